The Balaban J connectivity index is 1.36. The van der Waals surface area contributed by atoms with Crippen molar-refractivity contribution in [2.75, 3.05) is 23.7 Å². The van der Waals surface area contributed by atoms with Crippen LogP contribution in [0.1, 0.15) is 12.0 Å². The van der Waals surface area contributed by atoms with E-state index in [9.17, 15) is 16.8 Å². The number of sulfonamides is 2. The summed E-state index contributed by atoms with van der Waals surface area (Å²) in [4.78, 5) is 9.44. The minimum absolute atomic E-state index is 0.150. The van der Waals surface area contributed by atoms with Crippen LogP contribution in [0, 0.1) is 0 Å². The van der Waals surface area contributed by atoms with Crippen LogP contribution in [0.5, 0.6) is 0 Å². The molecule has 12 heteroatoms. The van der Waals surface area contributed by atoms with E-state index >= 15 is 0 Å². The zero-order chi connectivity index (χ0) is 26.6. The minimum Gasteiger partial charge on any atom is -0.369 e. The van der Waals surface area contributed by atoms with Gasteiger partial charge in [-0.05, 0) is 47.9 Å². The summed E-state index contributed by atoms with van der Waals surface area (Å²) in [5.41, 5.74) is 2.96. The Bertz CT molecular complexity index is 1650. The van der Waals surface area contributed by atoms with Crippen LogP contribution in [-0.2, 0) is 26.6 Å². The van der Waals surface area contributed by atoms with Gasteiger partial charge in [0.15, 0.2) is 0 Å². The Hall–Kier alpha value is -3.84. The third kappa shape index (κ3) is 6.00. The summed E-state index contributed by atoms with van der Waals surface area (Å²) in [7, 11) is -7.23. The zero-order valence-corrected chi connectivity index (χ0v) is 21.9. The molecule has 38 heavy (non-hydrogen) atoms. The number of fused-ring (bicyclic) bond motifs is 4. The zero-order valence-electron chi connectivity index (χ0n) is 20.3. The van der Waals surface area contributed by atoms with Gasteiger partial charge in [0.1, 0.15) is 5.82 Å². The summed E-state index contributed by atoms with van der Waals surface area (Å²) in [5.74, 6) is 0.920. The molecule has 1 aliphatic heterocycles. The monoisotopic (exact) mass is 550 g/mol. The second kappa shape index (κ2) is 10.9. The summed E-state index contributed by atoms with van der Waals surface area (Å²) < 4.78 is 55.4. The first-order valence-electron chi connectivity index (χ1n) is 11.9. The first-order chi connectivity index (χ1) is 18.3. The number of hydrogen-bond acceptors (Lipinski definition) is 8. The van der Waals surface area contributed by atoms with E-state index < -0.39 is 20.0 Å². The molecular formula is C26H26N6O4S2. The maximum absolute atomic E-state index is 12.6. The number of nitrogens with zero attached hydrogens (tertiary/aromatic N) is 2. The van der Waals surface area contributed by atoms with Crippen molar-refractivity contribution in [3.63, 3.8) is 0 Å². The van der Waals surface area contributed by atoms with Crippen molar-refractivity contribution in [1.29, 1.82) is 0 Å². The Kier molecular flexibility index (Phi) is 7.38. The Morgan fingerprint density at radius 1 is 0.921 bits per heavy atom. The lowest BCUT2D eigenvalue weighted by atomic mass is 10.1. The standard InChI is InChI=1S/C26H26N6O4S2/c33-37(34,22-7-2-1-3-8-22)30-17-19-10-12-20(13-11-19)24-18-28-26-31-21-6-4-9-23(16-21)38(35,36)29-15-5-14-27-25(24)32-26/h1-4,6-13,16,18,29-30H,5,14-15,17H2,(H2,27,28,31,32). The molecule has 0 saturated carbocycles. The van der Waals surface area contributed by atoms with Crippen LogP contribution >= 0.6 is 0 Å². The van der Waals surface area contributed by atoms with Crippen LogP contribution < -0.4 is 20.1 Å². The third-order valence-electron chi connectivity index (χ3n) is 5.91. The molecule has 0 spiro atoms. The molecule has 0 saturated heterocycles. The van der Waals surface area contributed by atoms with Crippen LogP contribution in [0.3, 0.4) is 0 Å². The summed E-state index contributed by atoms with van der Waals surface area (Å²) in [6.45, 7) is 0.910. The van der Waals surface area contributed by atoms with Gasteiger partial charge in [-0.15, -0.1) is 0 Å². The molecule has 196 valence electrons. The van der Waals surface area contributed by atoms with Crippen LogP contribution in [0.15, 0.2) is 94.9 Å². The number of anilines is 3. The van der Waals surface area contributed by atoms with E-state index in [-0.39, 0.29) is 22.9 Å². The van der Waals surface area contributed by atoms with E-state index in [2.05, 4.69) is 30.0 Å². The highest BCUT2D eigenvalue weighted by atomic mass is 32.2. The Morgan fingerprint density at radius 2 is 1.71 bits per heavy atom. The normalized spacial score (nSPS) is 15.2. The predicted octanol–water partition coefficient (Wildman–Crippen LogP) is 3.46. The molecule has 4 aromatic rings. The number of benzene rings is 3. The highest BCUT2D eigenvalue weighted by Crippen LogP contribution is 2.28. The maximum Gasteiger partial charge on any atom is 0.240 e. The van der Waals surface area contributed by atoms with Gasteiger partial charge in [0, 0.05) is 37.1 Å². The van der Waals surface area contributed by atoms with Crippen molar-refractivity contribution in [2.45, 2.75) is 22.8 Å². The van der Waals surface area contributed by atoms with Crippen LogP contribution in [0.4, 0.5) is 17.5 Å². The fourth-order valence-electron chi connectivity index (χ4n) is 3.91. The molecule has 0 unspecified atom stereocenters. The minimum atomic E-state index is -3.62. The number of nitrogens with one attached hydrogen (secondary N) is 4. The van der Waals surface area contributed by atoms with Gasteiger partial charge in [-0.2, -0.15) is 4.98 Å². The molecule has 0 atom stereocenters. The van der Waals surface area contributed by atoms with Crippen molar-refractivity contribution in [3.8, 4) is 11.1 Å². The fourth-order valence-corrected chi connectivity index (χ4v) is 6.07. The van der Waals surface area contributed by atoms with E-state index in [0.29, 0.717) is 30.4 Å². The summed E-state index contributed by atoms with van der Waals surface area (Å²) in [5, 5.41) is 6.36. The quantitative estimate of drug-likeness (QED) is 0.296. The molecule has 0 amide bonds. The molecule has 5 rings (SSSR count). The molecule has 4 bridgehead atoms. The van der Waals surface area contributed by atoms with Crippen molar-refractivity contribution in [1.82, 2.24) is 19.4 Å². The highest BCUT2D eigenvalue weighted by Gasteiger charge is 2.17. The SMILES string of the molecule is O=S1(=O)NCCCNc2nc(ncc2-c2ccc(CNS(=O)(=O)c3ccccc3)cc2)Nc2cccc1c2. The molecule has 3 aromatic carbocycles. The average molecular weight is 551 g/mol. The molecule has 0 aliphatic carbocycles. The summed E-state index contributed by atoms with van der Waals surface area (Å²) in [6, 6.07) is 22.2. The second-order valence-electron chi connectivity index (χ2n) is 8.62. The molecule has 2 heterocycles. The van der Waals surface area contributed by atoms with Crippen molar-refractivity contribution >= 4 is 37.5 Å². The third-order valence-corrected chi connectivity index (χ3v) is 8.79. The molecule has 4 N–H and O–H groups in total. The van der Waals surface area contributed by atoms with Gasteiger partial charge in [-0.25, -0.2) is 31.3 Å². The van der Waals surface area contributed by atoms with Crippen molar-refractivity contribution in [3.05, 3.63) is 90.6 Å². The van der Waals surface area contributed by atoms with Crippen molar-refractivity contribution in [2.24, 2.45) is 0 Å². The predicted molar refractivity (Wildman–Crippen MR) is 146 cm³/mol. The van der Waals surface area contributed by atoms with Crippen LogP contribution in [0.2, 0.25) is 0 Å². The van der Waals surface area contributed by atoms with Gasteiger partial charge < -0.3 is 10.6 Å². The number of hydrogen-bond donors (Lipinski definition) is 4. The van der Waals surface area contributed by atoms with Gasteiger partial charge in [-0.1, -0.05) is 48.5 Å². The largest absolute Gasteiger partial charge is 0.369 e. The highest BCUT2D eigenvalue weighted by molar-refractivity contribution is 7.89. The van der Waals surface area contributed by atoms with Crippen molar-refractivity contribution < 1.29 is 16.8 Å². The molecule has 1 aliphatic rings. The Morgan fingerprint density at radius 3 is 2.50 bits per heavy atom. The van der Waals surface area contributed by atoms with Crippen LogP contribution in [-0.4, -0.2) is 39.9 Å². The van der Waals surface area contributed by atoms with Crippen LogP contribution in [0.25, 0.3) is 11.1 Å². The fraction of sp³-hybridized carbons (Fsp3) is 0.154. The first-order valence-corrected chi connectivity index (χ1v) is 14.9. The summed E-state index contributed by atoms with van der Waals surface area (Å²) >= 11 is 0. The van der Waals surface area contributed by atoms with Gasteiger partial charge in [-0.3, -0.25) is 0 Å². The second-order valence-corrected chi connectivity index (χ2v) is 12.2. The van der Waals surface area contributed by atoms with Gasteiger partial charge in [0.2, 0.25) is 26.0 Å². The lowest BCUT2D eigenvalue weighted by molar-refractivity contribution is 0.579. The first kappa shape index (κ1) is 25.8. The molecule has 0 radical (unpaired) electrons. The molecular weight excluding hydrogens is 524 g/mol. The smallest absolute Gasteiger partial charge is 0.240 e. The Labute approximate surface area is 221 Å². The molecule has 1 aromatic heterocycles. The molecule has 0 fully saturated rings. The van der Waals surface area contributed by atoms with E-state index in [1.165, 1.54) is 12.1 Å². The lowest BCUT2D eigenvalue weighted by Crippen LogP contribution is -2.26. The topological polar surface area (TPSA) is 142 Å². The lowest BCUT2D eigenvalue weighted by Gasteiger charge is -2.13. The van der Waals surface area contributed by atoms with Gasteiger partial charge in [0.05, 0.1) is 9.79 Å². The summed E-state index contributed by atoms with van der Waals surface area (Å²) in [6.07, 6.45) is 2.24. The van der Waals surface area contributed by atoms with E-state index in [0.717, 1.165) is 16.7 Å². The van der Waals surface area contributed by atoms with Gasteiger partial charge in [0.25, 0.3) is 0 Å². The number of aromatic nitrogens is 2. The maximum atomic E-state index is 12.6. The van der Waals surface area contributed by atoms with E-state index in [4.69, 9.17) is 0 Å². The van der Waals surface area contributed by atoms with E-state index in [1.807, 2.05) is 24.3 Å². The van der Waals surface area contributed by atoms with E-state index in [1.54, 1.807) is 48.7 Å². The van der Waals surface area contributed by atoms with Gasteiger partial charge >= 0.3 is 0 Å². The molecule has 10 nitrogen and oxygen atoms in total. The average Bonchev–Trinajstić information content (AvgIpc) is 2.93. The number of rotatable bonds is 5.